The van der Waals surface area contributed by atoms with Crippen molar-refractivity contribution in [1.82, 2.24) is 0 Å². The van der Waals surface area contributed by atoms with E-state index in [1.165, 1.54) is 0 Å². The zero-order valence-corrected chi connectivity index (χ0v) is 20.0. The number of esters is 2. The summed E-state index contributed by atoms with van der Waals surface area (Å²) in [5.41, 5.74) is 4.91. The van der Waals surface area contributed by atoms with Crippen LogP contribution in [0.4, 0.5) is 0 Å². The van der Waals surface area contributed by atoms with Crippen LogP contribution in [-0.4, -0.2) is 35.4 Å². The average molecular weight is 489 g/mol. The van der Waals surface area contributed by atoms with Gasteiger partial charge in [0.25, 0.3) is 0 Å². The molecule has 0 saturated heterocycles. The van der Waals surface area contributed by atoms with Crippen LogP contribution in [0.2, 0.25) is 0 Å². The van der Waals surface area contributed by atoms with E-state index in [4.69, 9.17) is 14.2 Å². The monoisotopic (exact) mass is 488 g/mol. The summed E-state index contributed by atoms with van der Waals surface area (Å²) in [6.07, 6.45) is 1.02. The van der Waals surface area contributed by atoms with Gasteiger partial charge in [-0.2, -0.15) is 0 Å². The lowest BCUT2D eigenvalue weighted by Crippen LogP contribution is -2.09. The predicted octanol–water partition coefficient (Wildman–Crippen LogP) is 4.91. The molecule has 1 aliphatic carbocycles. The Bertz CT molecular complexity index is 1260. The van der Waals surface area contributed by atoms with Crippen LogP contribution in [0.5, 0.6) is 11.5 Å². The van der Waals surface area contributed by atoms with Gasteiger partial charge in [0.2, 0.25) is 0 Å². The third-order valence-electron chi connectivity index (χ3n) is 6.14. The van der Waals surface area contributed by atoms with Crippen LogP contribution in [-0.2, 0) is 9.53 Å². The summed E-state index contributed by atoms with van der Waals surface area (Å²) < 4.78 is 16.1. The lowest BCUT2D eigenvalue weighted by atomic mass is 9.97. The van der Waals surface area contributed by atoms with E-state index in [-0.39, 0.29) is 5.92 Å². The molecule has 1 atom stereocenters. The van der Waals surface area contributed by atoms with Gasteiger partial charge >= 0.3 is 11.9 Å². The first kappa shape index (κ1) is 25.2. The molecule has 2 N–H and O–H groups in total. The Morgan fingerprint density at radius 2 is 1.56 bits per heavy atom. The molecule has 0 aliphatic heterocycles. The van der Waals surface area contributed by atoms with Crippen LogP contribution < -0.4 is 9.47 Å². The maximum atomic E-state index is 12.8. The highest BCUT2D eigenvalue weighted by atomic mass is 16.5. The molecule has 0 bridgehead atoms. The van der Waals surface area contributed by atoms with Gasteiger partial charge in [0.05, 0.1) is 18.8 Å². The molecule has 186 valence electrons. The summed E-state index contributed by atoms with van der Waals surface area (Å²) >= 11 is 0. The average Bonchev–Trinajstić information content (AvgIpc) is 3.17. The van der Waals surface area contributed by atoms with Crippen molar-refractivity contribution in [1.29, 1.82) is 0 Å². The smallest absolute Gasteiger partial charge is 0.343 e. The molecule has 0 saturated carbocycles. The molecular weight excluding hydrogens is 460 g/mol. The lowest BCUT2D eigenvalue weighted by Gasteiger charge is -2.10. The minimum atomic E-state index is -1.53. The van der Waals surface area contributed by atoms with Gasteiger partial charge in [0, 0.05) is 17.6 Å². The second kappa shape index (κ2) is 11.2. The first-order valence-corrected chi connectivity index (χ1v) is 11.8. The van der Waals surface area contributed by atoms with Crippen LogP contribution in [0.25, 0.3) is 11.1 Å². The number of carbonyl (C=O) groups excluding carboxylic acids is 2. The van der Waals surface area contributed by atoms with Gasteiger partial charge in [0.1, 0.15) is 11.5 Å². The van der Waals surface area contributed by atoms with Crippen LogP contribution >= 0.6 is 0 Å². The van der Waals surface area contributed by atoms with E-state index >= 15 is 0 Å². The van der Waals surface area contributed by atoms with Gasteiger partial charge in [-0.15, -0.1) is 0 Å². The largest absolute Gasteiger partial charge is 0.494 e. The lowest BCUT2D eigenvalue weighted by molar-refractivity contribution is -0.137. The van der Waals surface area contributed by atoms with E-state index in [1.54, 1.807) is 42.5 Å². The Balaban J connectivity index is 1.33. The van der Waals surface area contributed by atoms with E-state index in [9.17, 15) is 19.8 Å². The molecule has 0 heterocycles. The number of benzene rings is 3. The molecule has 0 spiro atoms. The number of hydrogen-bond acceptors (Lipinski definition) is 7. The van der Waals surface area contributed by atoms with Gasteiger partial charge < -0.3 is 24.4 Å². The number of unbranched alkanes of at least 4 members (excludes halogenated alkanes) is 1. The van der Waals surface area contributed by atoms with E-state index in [1.807, 2.05) is 25.1 Å². The molecule has 0 amide bonds. The highest BCUT2D eigenvalue weighted by molar-refractivity contribution is 5.93. The minimum Gasteiger partial charge on any atom is -0.494 e. The van der Waals surface area contributed by atoms with Crippen molar-refractivity contribution in [2.24, 2.45) is 0 Å². The highest BCUT2D eigenvalue weighted by Crippen LogP contribution is 2.45. The maximum Gasteiger partial charge on any atom is 0.343 e. The second-order valence-electron chi connectivity index (χ2n) is 8.53. The normalized spacial score (nSPS) is 13.6. The van der Waals surface area contributed by atoms with Crippen molar-refractivity contribution in [2.45, 2.75) is 32.0 Å². The number of fused-ring (bicyclic) bond motifs is 3. The van der Waals surface area contributed by atoms with Crippen LogP contribution in [0.15, 0.2) is 73.3 Å². The number of hydrogen-bond donors (Lipinski definition) is 2. The van der Waals surface area contributed by atoms with Crippen molar-refractivity contribution in [3.63, 3.8) is 0 Å². The standard InChI is InChI=1S/C29H28O7/c1-3-27(30)35-15-5-4-14-34-21-8-10-22(11-9-21)36-29(33)20-7-13-24-23-12-6-19(28(31)32)16-25(23)18(2)26(24)17-20/h3,6-13,16-18,28,31-32H,1,4-5,14-15H2,2H3. The quantitative estimate of drug-likeness (QED) is 0.137. The van der Waals surface area contributed by atoms with E-state index in [2.05, 4.69) is 6.58 Å². The Kier molecular flexibility index (Phi) is 7.83. The topological polar surface area (TPSA) is 102 Å². The summed E-state index contributed by atoms with van der Waals surface area (Å²) in [6, 6.07) is 17.7. The van der Waals surface area contributed by atoms with Crippen molar-refractivity contribution in [3.8, 4) is 22.6 Å². The first-order valence-electron chi connectivity index (χ1n) is 11.8. The van der Waals surface area contributed by atoms with E-state index in [0.717, 1.165) is 34.8 Å². The molecule has 7 nitrogen and oxygen atoms in total. The fourth-order valence-electron chi connectivity index (χ4n) is 4.20. The van der Waals surface area contributed by atoms with Crippen molar-refractivity contribution in [2.75, 3.05) is 13.2 Å². The van der Waals surface area contributed by atoms with Crippen LogP contribution in [0.3, 0.4) is 0 Å². The zero-order chi connectivity index (χ0) is 25.7. The van der Waals surface area contributed by atoms with Gasteiger partial charge in [-0.3, -0.25) is 0 Å². The molecule has 1 unspecified atom stereocenters. The first-order chi connectivity index (χ1) is 17.4. The van der Waals surface area contributed by atoms with Crippen LogP contribution in [0.1, 0.15) is 59.0 Å². The van der Waals surface area contributed by atoms with E-state index < -0.39 is 18.2 Å². The molecule has 4 rings (SSSR count). The molecular formula is C29H28O7. The van der Waals surface area contributed by atoms with Crippen LogP contribution in [0, 0.1) is 0 Å². The molecule has 36 heavy (non-hydrogen) atoms. The molecule has 1 aliphatic rings. The number of rotatable bonds is 10. The predicted molar refractivity (Wildman–Crippen MR) is 134 cm³/mol. The highest BCUT2D eigenvalue weighted by Gasteiger charge is 2.27. The van der Waals surface area contributed by atoms with Crippen molar-refractivity contribution < 1.29 is 34.0 Å². The summed E-state index contributed by atoms with van der Waals surface area (Å²) in [4.78, 5) is 23.8. The fraction of sp³-hybridized carbons (Fsp3) is 0.241. The molecule has 0 fully saturated rings. The summed E-state index contributed by atoms with van der Waals surface area (Å²) in [5, 5.41) is 19.0. The van der Waals surface area contributed by atoms with Gasteiger partial charge in [-0.05, 0) is 77.6 Å². The molecule has 0 radical (unpaired) electrons. The molecule has 7 heteroatoms. The molecule has 3 aromatic rings. The van der Waals surface area contributed by atoms with Gasteiger partial charge in [-0.1, -0.05) is 31.7 Å². The Labute approximate surface area is 209 Å². The SMILES string of the molecule is C=CC(=O)OCCCCOc1ccc(OC(=O)c2ccc3c(c2)C(C)c2cc(C(O)O)ccc2-3)cc1. The minimum absolute atomic E-state index is 0.00641. The van der Waals surface area contributed by atoms with Crippen molar-refractivity contribution >= 4 is 11.9 Å². The summed E-state index contributed by atoms with van der Waals surface area (Å²) in [7, 11) is 0. The number of aliphatic hydroxyl groups excluding tert-OH is 1. The number of carbonyl (C=O) groups is 2. The van der Waals surface area contributed by atoms with Gasteiger partial charge in [-0.25, -0.2) is 9.59 Å². The molecule has 3 aromatic carbocycles. The maximum absolute atomic E-state index is 12.8. The van der Waals surface area contributed by atoms with Gasteiger partial charge in [0.15, 0.2) is 6.29 Å². The second-order valence-corrected chi connectivity index (χ2v) is 8.53. The number of aliphatic hydroxyl groups is 2. The zero-order valence-electron chi connectivity index (χ0n) is 20.0. The Morgan fingerprint density at radius 1 is 0.917 bits per heavy atom. The van der Waals surface area contributed by atoms with Crippen molar-refractivity contribution in [3.05, 3.63) is 95.6 Å². The Morgan fingerprint density at radius 3 is 2.25 bits per heavy atom. The third-order valence-corrected chi connectivity index (χ3v) is 6.14. The summed E-state index contributed by atoms with van der Waals surface area (Å²) in [6.45, 7) is 6.17. The number of ether oxygens (including phenoxy) is 3. The summed E-state index contributed by atoms with van der Waals surface area (Å²) in [5.74, 6) is 0.163. The molecule has 0 aromatic heterocycles. The third kappa shape index (κ3) is 5.64. The Hall–Kier alpha value is -3.94. The van der Waals surface area contributed by atoms with E-state index in [0.29, 0.717) is 42.3 Å². The fourth-order valence-corrected chi connectivity index (χ4v) is 4.20.